The third-order valence-corrected chi connectivity index (χ3v) is 2.51. The highest BCUT2D eigenvalue weighted by molar-refractivity contribution is 5.73. The summed E-state index contributed by atoms with van der Waals surface area (Å²) in [5, 5.41) is 8.69. The van der Waals surface area contributed by atoms with Crippen LogP contribution in [0, 0.1) is 5.82 Å². The minimum atomic E-state index is -1.08. The maximum Gasteiger partial charge on any atom is 0.320 e. The van der Waals surface area contributed by atoms with Crippen LogP contribution in [-0.4, -0.2) is 17.1 Å². The molecule has 1 unspecified atom stereocenters. The average molecular weight is 249 g/mol. The fourth-order valence-corrected chi connectivity index (χ4v) is 1.59. The van der Waals surface area contributed by atoms with E-state index in [0.717, 1.165) is 0 Å². The Morgan fingerprint density at radius 2 is 2.17 bits per heavy atom. The molecule has 2 rings (SSSR count). The lowest BCUT2D eigenvalue weighted by molar-refractivity contribution is -0.138. The van der Waals surface area contributed by atoms with Gasteiger partial charge in [-0.15, -0.1) is 0 Å². The van der Waals surface area contributed by atoms with Crippen LogP contribution < -0.4 is 5.73 Å². The molecule has 0 amide bonds. The van der Waals surface area contributed by atoms with Crippen LogP contribution in [0.25, 0.3) is 11.3 Å². The molecule has 0 aliphatic carbocycles. The quantitative estimate of drug-likeness (QED) is 0.869. The van der Waals surface area contributed by atoms with E-state index in [0.29, 0.717) is 17.1 Å². The number of halogens is 1. The summed E-state index contributed by atoms with van der Waals surface area (Å²) in [5.74, 6) is -0.488. The number of carbonyl (C=O) groups is 1. The highest BCUT2D eigenvalue weighted by Crippen LogP contribution is 2.23. The SMILES string of the molecule is NC(Cc1ccc(-c2cccc(F)c2)o1)C(=O)O. The number of nitrogens with two attached hydrogens (primary N) is 1. The van der Waals surface area contributed by atoms with Gasteiger partial charge in [0.15, 0.2) is 0 Å². The minimum Gasteiger partial charge on any atom is -0.480 e. The van der Waals surface area contributed by atoms with Crippen molar-refractivity contribution in [2.24, 2.45) is 5.73 Å². The first-order chi connectivity index (χ1) is 8.56. The molecular weight excluding hydrogens is 237 g/mol. The maximum atomic E-state index is 13.0. The van der Waals surface area contributed by atoms with Gasteiger partial charge in [-0.3, -0.25) is 4.79 Å². The van der Waals surface area contributed by atoms with Gasteiger partial charge in [0.2, 0.25) is 0 Å². The van der Waals surface area contributed by atoms with Crippen molar-refractivity contribution in [3.05, 3.63) is 48.0 Å². The summed E-state index contributed by atoms with van der Waals surface area (Å²) in [5.41, 5.74) is 6.00. The van der Waals surface area contributed by atoms with E-state index in [1.54, 1.807) is 24.3 Å². The second kappa shape index (κ2) is 5.01. The molecule has 0 saturated heterocycles. The Morgan fingerprint density at radius 1 is 1.39 bits per heavy atom. The number of aliphatic carboxylic acids is 1. The average Bonchev–Trinajstić information content (AvgIpc) is 2.77. The first kappa shape index (κ1) is 12.3. The van der Waals surface area contributed by atoms with Gasteiger partial charge in [0.05, 0.1) is 0 Å². The van der Waals surface area contributed by atoms with Crippen LogP contribution in [0.5, 0.6) is 0 Å². The number of rotatable bonds is 4. The number of furan rings is 1. The number of hydrogen-bond donors (Lipinski definition) is 2. The van der Waals surface area contributed by atoms with Crippen LogP contribution in [0.3, 0.4) is 0 Å². The van der Waals surface area contributed by atoms with Crippen LogP contribution in [-0.2, 0) is 11.2 Å². The van der Waals surface area contributed by atoms with E-state index in [-0.39, 0.29) is 12.2 Å². The van der Waals surface area contributed by atoms with Gasteiger partial charge in [-0.2, -0.15) is 0 Å². The molecule has 0 aliphatic heterocycles. The molecule has 1 heterocycles. The predicted octanol–water partition coefficient (Wildman–Crippen LogP) is 2.04. The van der Waals surface area contributed by atoms with Crippen LogP contribution in [0.2, 0.25) is 0 Å². The molecule has 2 aromatic rings. The molecule has 94 valence electrons. The van der Waals surface area contributed by atoms with Gasteiger partial charge >= 0.3 is 5.97 Å². The second-order valence-electron chi connectivity index (χ2n) is 3.93. The van der Waals surface area contributed by atoms with Gasteiger partial charge < -0.3 is 15.3 Å². The van der Waals surface area contributed by atoms with Gasteiger partial charge in [0.25, 0.3) is 0 Å². The molecule has 5 heteroatoms. The van der Waals surface area contributed by atoms with Crippen molar-refractivity contribution in [2.75, 3.05) is 0 Å². The Morgan fingerprint density at radius 3 is 2.83 bits per heavy atom. The zero-order valence-electron chi connectivity index (χ0n) is 9.47. The fraction of sp³-hybridized carbons (Fsp3) is 0.154. The molecule has 0 spiro atoms. The normalized spacial score (nSPS) is 12.3. The molecule has 0 bridgehead atoms. The van der Waals surface area contributed by atoms with Crippen LogP contribution in [0.15, 0.2) is 40.8 Å². The van der Waals surface area contributed by atoms with E-state index in [2.05, 4.69) is 0 Å². The summed E-state index contributed by atoms with van der Waals surface area (Å²) in [6, 6.07) is 8.28. The van der Waals surface area contributed by atoms with Gasteiger partial charge in [0.1, 0.15) is 23.4 Å². The fourth-order valence-electron chi connectivity index (χ4n) is 1.59. The molecular formula is C13H12FNO3. The molecule has 0 fully saturated rings. The monoisotopic (exact) mass is 249 g/mol. The predicted molar refractivity (Wildman–Crippen MR) is 63.4 cm³/mol. The molecule has 1 atom stereocenters. The van der Waals surface area contributed by atoms with Gasteiger partial charge in [-0.05, 0) is 24.3 Å². The van der Waals surface area contributed by atoms with E-state index in [4.69, 9.17) is 15.3 Å². The van der Waals surface area contributed by atoms with Crippen LogP contribution in [0.4, 0.5) is 4.39 Å². The Bertz CT molecular complexity index is 565. The van der Waals surface area contributed by atoms with Crippen molar-refractivity contribution in [3.8, 4) is 11.3 Å². The Kier molecular flexibility index (Phi) is 3.43. The largest absolute Gasteiger partial charge is 0.480 e. The van der Waals surface area contributed by atoms with Crippen molar-refractivity contribution in [1.82, 2.24) is 0 Å². The molecule has 0 radical (unpaired) electrons. The standard InChI is InChI=1S/C13H12FNO3/c14-9-3-1-2-8(6-9)12-5-4-10(18-12)7-11(15)13(16)17/h1-6,11H,7,15H2,(H,16,17). The van der Waals surface area contributed by atoms with E-state index in [1.807, 2.05) is 0 Å². The first-order valence-corrected chi connectivity index (χ1v) is 5.39. The third-order valence-electron chi connectivity index (χ3n) is 2.51. The highest BCUT2D eigenvalue weighted by atomic mass is 19.1. The van der Waals surface area contributed by atoms with Gasteiger partial charge in [-0.25, -0.2) is 4.39 Å². The summed E-state index contributed by atoms with van der Waals surface area (Å²) in [4.78, 5) is 10.6. The van der Waals surface area contributed by atoms with E-state index >= 15 is 0 Å². The van der Waals surface area contributed by atoms with E-state index in [9.17, 15) is 9.18 Å². The maximum absolute atomic E-state index is 13.0. The van der Waals surface area contributed by atoms with E-state index in [1.165, 1.54) is 12.1 Å². The lowest BCUT2D eigenvalue weighted by atomic mass is 10.1. The first-order valence-electron chi connectivity index (χ1n) is 5.39. The summed E-state index contributed by atoms with van der Waals surface area (Å²) in [6.45, 7) is 0. The van der Waals surface area contributed by atoms with Crippen molar-refractivity contribution in [3.63, 3.8) is 0 Å². The lowest BCUT2D eigenvalue weighted by Crippen LogP contribution is -2.32. The molecule has 0 saturated carbocycles. The molecule has 1 aromatic heterocycles. The van der Waals surface area contributed by atoms with Gasteiger partial charge in [0, 0.05) is 12.0 Å². The Hall–Kier alpha value is -2.14. The van der Waals surface area contributed by atoms with Gasteiger partial charge in [-0.1, -0.05) is 12.1 Å². The summed E-state index contributed by atoms with van der Waals surface area (Å²) < 4.78 is 18.5. The zero-order chi connectivity index (χ0) is 13.1. The molecule has 3 N–H and O–H groups in total. The highest BCUT2D eigenvalue weighted by Gasteiger charge is 2.15. The Balaban J connectivity index is 2.18. The lowest BCUT2D eigenvalue weighted by Gasteiger charge is -2.03. The van der Waals surface area contributed by atoms with Crippen LogP contribution in [0.1, 0.15) is 5.76 Å². The topological polar surface area (TPSA) is 76.5 Å². The summed E-state index contributed by atoms with van der Waals surface area (Å²) in [7, 11) is 0. The van der Waals surface area contributed by atoms with Crippen molar-refractivity contribution < 1.29 is 18.7 Å². The number of hydrogen-bond acceptors (Lipinski definition) is 3. The van der Waals surface area contributed by atoms with Crippen LogP contribution >= 0.6 is 0 Å². The second-order valence-corrected chi connectivity index (χ2v) is 3.93. The minimum absolute atomic E-state index is 0.102. The van der Waals surface area contributed by atoms with Crippen molar-refractivity contribution in [1.29, 1.82) is 0 Å². The number of carboxylic acids is 1. The molecule has 1 aromatic carbocycles. The Labute approximate surface area is 103 Å². The number of carboxylic acid groups (broad SMARTS) is 1. The molecule has 0 aliphatic rings. The van der Waals surface area contributed by atoms with Crippen molar-refractivity contribution in [2.45, 2.75) is 12.5 Å². The zero-order valence-corrected chi connectivity index (χ0v) is 9.47. The number of benzene rings is 1. The summed E-state index contributed by atoms with van der Waals surface area (Å²) >= 11 is 0. The van der Waals surface area contributed by atoms with Crippen molar-refractivity contribution >= 4 is 5.97 Å². The third kappa shape index (κ3) is 2.75. The molecule has 4 nitrogen and oxygen atoms in total. The smallest absolute Gasteiger partial charge is 0.320 e. The van der Waals surface area contributed by atoms with E-state index < -0.39 is 12.0 Å². The summed E-state index contributed by atoms with van der Waals surface area (Å²) in [6.07, 6.45) is 0.102. The molecule has 18 heavy (non-hydrogen) atoms.